The first kappa shape index (κ1) is 20.5. The van der Waals surface area contributed by atoms with Gasteiger partial charge in [0.1, 0.15) is 11.9 Å². The van der Waals surface area contributed by atoms with E-state index >= 15 is 0 Å². The molecule has 2 N–H and O–H groups in total. The lowest BCUT2D eigenvalue weighted by Gasteiger charge is -2.43. The number of nitrogens with one attached hydrogen (secondary N) is 2. The van der Waals surface area contributed by atoms with E-state index in [1.807, 2.05) is 18.2 Å². The zero-order valence-corrected chi connectivity index (χ0v) is 16.8. The minimum absolute atomic E-state index is 0.0422. The van der Waals surface area contributed by atoms with Crippen LogP contribution in [0.4, 0.5) is 0 Å². The van der Waals surface area contributed by atoms with Crippen molar-refractivity contribution in [3.63, 3.8) is 0 Å². The predicted molar refractivity (Wildman–Crippen MR) is 107 cm³/mol. The van der Waals surface area contributed by atoms with Crippen LogP contribution in [0, 0.1) is 6.92 Å². The molecule has 2 rings (SSSR count). The molecule has 1 saturated heterocycles. The topological polar surface area (TPSA) is 58.1 Å². The zero-order chi connectivity index (χ0) is 19.0. The molecule has 0 aliphatic carbocycles. The Labute approximate surface area is 158 Å². The number of hydrogen-bond acceptors (Lipinski definition) is 4. The standard InChI is InChI=1S/C20H34N4O2/c1-16-8-6-7-9-18(16)26-17(2)14-22-19(21-3)23-15-20(24(4)5)10-12-25-13-11-20/h6-9,17H,10-15H2,1-5H3,(H2,21,22,23). The normalized spacial score (nSPS) is 18.5. The van der Waals surface area contributed by atoms with Crippen LogP contribution in [-0.4, -0.2) is 69.9 Å². The second-order valence-electron chi connectivity index (χ2n) is 7.23. The maximum absolute atomic E-state index is 6.02. The average Bonchev–Trinajstić information content (AvgIpc) is 2.64. The predicted octanol–water partition coefficient (Wildman–Crippen LogP) is 2.04. The van der Waals surface area contributed by atoms with Crippen molar-refractivity contribution in [2.45, 2.75) is 38.3 Å². The molecule has 0 radical (unpaired) electrons. The van der Waals surface area contributed by atoms with Crippen LogP contribution in [0.25, 0.3) is 0 Å². The molecule has 26 heavy (non-hydrogen) atoms. The number of hydrogen-bond donors (Lipinski definition) is 2. The van der Waals surface area contributed by atoms with Crippen LogP contribution in [0.5, 0.6) is 5.75 Å². The Morgan fingerprint density at radius 2 is 1.96 bits per heavy atom. The summed E-state index contributed by atoms with van der Waals surface area (Å²) >= 11 is 0. The van der Waals surface area contributed by atoms with Gasteiger partial charge in [0.15, 0.2) is 5.96 Å². The van der Waals surface area contributed by atoms with Gasteiger partial charge in [0.05, 0.1) is 6.54 Å². The summed E-state index contributed by atoms with van der Waals surface area (Å²) in [6.07, 6.45) is 2.09. The van der Waals surface area contributed by atoms with Gasteiger partial charge in [-0.25, -0.2) is 0 Å². The lowest BCUT2D eigenvalue weighted by molar-refractivity contribution is -0.00502. The molecule has 1 aromatic carbocycles. The first-order valence-corrected chi connectivity index (χ1v) is 9.39. The number of benzene rings is 1. The van der Waals surface area contributed by atoms with Gasteiger partial charge in [0.25, 0.3) is 0 Å². The fourth-order valence-electron chi connectivity index (χ4n) is 3.19. The fourth-order valence-corrected chi connectivity index (χ4v) is 3.19. The van der Waals surface area contributed by atoms with Crippen molar-refractivity contribution in [1.29, 1.82) is 0 Å². The van der Waals surface area contributed by atoms with Crippen LogP contribution in [0.2, 0.25) is 0 Å². The molecule has 1 atom stereocenters. The Balaban J connectivity index is 1.82. The summed E-state index contributed by atoms with van der Waals surface area (Å²) in [5.74, 6) is 1.73. The third-order valence-electron chi connectivity index (χ3n) is 5.16. The van der Waals surface area contributed by atoms with Crippen LogP contribution in [0.3, 0.4) is 0 Å². The van der Waals surface area contributed by atoms with E-state index < -0.39 is 0 Å². The molecule has 0 bridgehead atoms. The second-order valence-corrected chi connectivity index (χ2v) is 7.23. The molecule has 0 saturated carbocycles. The third kappa shape index (κ3) is 5.61. The van der Waals surface area contributed by atoms with Crippen molar-refractivity contribution in [3.05, 3.63) is 29.8 Å². The quantitative estimate of drug-likeness (QED) is 0.574. The van der Waals surface area contributed by atoms with Gasteiger partial charge in [-0.1, -0.05) is 18.2 Å². The molecule has 6 heteroatoms. The smallest absolute Gasteiger partial charge is 0.191 e. The number of ether oxygens (including phenoxy) is 2. The van der Waals surface area contributed by atoms with E-state index in [2.05, 4.69) is 54.5 Å². The number of guanidine groups is 1. The molecule has 1 unspecified atom stereocenters. The first-order valence-electron chi connectivity index (χ1n) is 9.39. The largest absolute Gasteiger partial charge is 0.489 e. The maximum Gasteiger partial charge on any atom is 0.191 e. The van der Waals surface area contributed by atoms with Crippen molar-refractivity contribution in [3.8, 4) is 5.75 Å². The van der Waals surface area contributed by atoms with Crippen molar-refractivity contribution in [2.75, 3.05) is 47.4 Å². The molecule has 0 spiro atoms. The summed E-state index contributed by atoms with van der Waals surface area (Å²) in [6.45, 7) is 7.28. The third-order valence-corrected chi connectivity index (χ3v) is 5.16. The number of likely N-dealkylation sites (N-methyl/N-ethyl adjacent to an activating group) is 1. The minimum Gasteiger partial charge on any atom is -0.489 e. The highest BCUT2D eigenvalue weighted by Crippen LogP contribution is 2.25. The fraction of sp³-hybridized carbons (Fsp3) is 0.650. The number of nitrogens with zero attached hydrogens (tertiary/aromatic N) is 2. The highest BCUT2D eigenvalue weighted by atomic mass is 16.5. The van der Waals surface area contributed by atoms with Crippen LogP contribution in [-0.2, 0) is 4.74 Å². The van der Waals surface area contributed by atoms with Crippen molar-refractivity contribution in [1.82, 2.24) is 15.5 Å². The average molecular weight is 363 g/mol. The molecule has 1 aliphatic rings. The van der Waals surface area contributed by atoms with Gasteiger partial charge in [-0.05, 0) is 52.4 Å². The molecule has 1 heterocycles. The van der Waals surface area contributed by atoms with Crippen LogP contribution >= 0.6 is 0 Å². The van der Waals surface area contributed by atoms with E-state index in [0.717, 1.165) is 49.9 Å². The van der Waals surface area contributed by atoms with Crippen LogP contribution in [0.1, 0.15) is 25.3 Å². The van der Waals surface area contributed by atoms with Gasteiger partial charge in [0, 0.05) is 32.3 Å². The highest BCUT2D eigenvalue weighted by Gasteiger charge is 2.34. The Morgan fingerprint density at radius 3 is 2.58 bits per heavy atom. The molecule has 1 aliphatic heterocycles. The molecular formula is C20H34N4O2. The van der Waals surface area contributed by atoms with Crippen molar-refractivity contribution >= 4 is 5.96 Å². The summed E-state index contributed by atoms with van der Waals surface area (Å²) in [7, 11) is 6.08. The first-order chi connectivity index (χ1) is 12.5. The molecule has 146 valence electrons. The zero-order valence-electron chi connectivity index (χ0n) is 16.8. The molecule has 0 amide bonds. The number of aryl methyl sites for hydroxylation is 1. The maximum atomic E-state index is 6.02. The van der Waals surface area contributed by atoms with E-state index in [9.17, 15) is 0 Å². The summed E-state index contributed by atoms with van der Waals surface area (Å²) in [5.41, 5.74) is 1.26. The van der Waals surface area contributed by atoms with E-state index in [1.165, 1.54) is 0 Å². The summed E-state index contributed by atoms with van der Waals surface area (Å²) in [5, 5.41) is 6.85. The monoisotopic (exact) mass is 362 g/mol. The molecule has 1 fully saturated rings. The van der Waals surface area contributed by atoms with Gasteiger partial charge in [-0.2, -0.15) is 0 Å². The minimum atomic E-state index is 0.0422. The van der Waals surface area contributed by atoms with Gasteiger partial charge < -0.3 is 25.0 Å². The van der Waals surface area contributed by atoms with E-state index in [1.54, 1.807) is 7.05 Å². The van der Waals surface area contributed by atoms with Gasteiger partial charge >= 0.3 is 0 Å². The van der Waals surface area contributed by atoms with Crippen molar-refractivity contribution < 1.29 is 9.47 Å². The Kier molecular flexibility index (Phi) is 7.72. The second kappa shape index (κ2) is 9.78. The van der Waals surface area contributed by atoms with Gasteiger partial charge in [-0.15, -0.1) is 0 Å². The molecule has 0 aromatic heterocycles. The van der Waals surface area contributed by atoms with E-state index in [0.29, 0.717) is 6.54 Å². The molecular weight excluding hydrogens is 328 g/mol. The number of aliphatic imine (C=N–C) groups is 1. The highest BCUT2D eigenvalue weighted by molar-refractivity contribution is 5.79. The lowest BCUT2D eigenvalue weighted by atomic mass is 9.88. The van der Waals surface area contributed by atoms with Crippen molar-refractivity contribution in [2.24, 2.45) is 4.99 Å². The van der Waals surface area contributed by atoms with E-state index in [-0.39, 0.29) is 11.6 Å². The van der Waals surface area contributed by atoms with Crippen LogP contribution < -0.4 is 15.4 Å². The summed E-state index contributed by atoms with van der Waals surface area (Å²) in [6, 6.07) is 8.08. The SMILES string of the molecule is CN=C(NCC(C)Oc1ccccc1C)NCC1(N(C)C)CCOCC1. The van der Waals surface area contributed by atoms with E-state index in [4.69, 9.17) is 9.47 Å². The Morgan fingerprint density at radius 1 is 1.27 bits per heavy atom. The van der Waals surface area contributed by atoms with Gasteiger partial charge in [0.2, 0.25) is 0 Å². The number of para-hydroxylation sites is 1. The van der Waals surface area contributed by atoms with Crippen LogP contribution in [0.15, 0.2) is 29.3 Å². The Bertz CT molecular complexity index is 583. The van der Waals surface area contributed by atoms with Gasteiger partial charge in [-0.3, -0.25) is 4.99 Å². The summed E-state index contributed by atoms with van der Waals surface area (Å²) in [4.78, 5) is 6.65. The lowest BCUT2D eigenvalue weighted by Crippen LogP contribution is -2.57. The summed E-state index contributed by atoms with van der Waals surface area (Å²) < 4.78 is 11.6. The Hall–Kier alpha value is -1.79. The molecule has 1 aromatic rings. The molecule has 6 nitrogen and oxygen atoms in total. The number of rotatable bonds is 7.